The first kappa shape index (κ1) is 21.9. The van der Waals surface area contributed by atoms with E-state index in [-0.39, 0.29) is 0 Å². The van der Waals surface area contributed by atoms with E-state index in [0.717, 1.165) is 0 Å². The molecular weight excluding hydrogens is 368 g/mol. The Kier molecular flexibility index (Phi) is 6.87. The van der Waals surface area contributed by atoms with Crippen molar-refractivity contribution in [3.8, 4) is 5.75 Å². The molecule has 1 aromatic carbocycles. The summed E-state index contributed by atoms with van der Waals surface area (Å²) in [6, 6.07) is 5.01. The lowest BCUT2D eigenvalue weighted by molar-refractivity contribution is -0.123. The van der Waals surface area contributed by atoms with E-state index in [9.17, 15) is 14.7 Å². The molecule has 1 atom stereocenters. The minimum atomic E-state index is -1.60. The number of carbonyl (C=O) groups is 2. The SMILES string of the molecule is COc1ccc(NC(=O)[C@](C)(CO)NC(=O)OC(C)(C)C)c(C2OCCO2)c1. The lowest BCUT2D eigenvalue weighted by Gasteiger charge is -2.29. The van der Waals surface area contributed by atoms with E-state index in [0.29, 0.717) is 30.2 Å². The summed E-state index contributed by atoms with van der Waals surface area (Å²) in [5.41, 5.74) is -1.35. The number of hydrogen-bond donors (Lipinski definition) is 3. The second kappa shape index (κ2) is 8.76. The van der Waals surface area contributed by atoms with Crippen LogP contribution in [0, 0.1) is 0 Å². The predicted octanol–water partition coefficient (Wildman–Crippen LogP) is 1.95. The number of aliphatic hydroxyl groups is 1. The van der Waals surface area contributed by atoms with Crippen LogP contribution in [0.2, 0.25) is 0 Å². The van der Waals surface area contributed by atoms with Crippen LogP contribution >= 0.6 is 0 Å². The smallest absolute Gasteiger partial charge is 0.408 e. The van der Waals surface area contributed by atoms with Crippen LogP contribution in [0.4, 0.5) is 10.5 Å². The number of carbonyl (C=O) groups excluding carboxylic acids is 2. The molecule has 0 aromatic heterocycles. The van der Waals surface area contributed by atoms with Crippen molar-refractivity contribution in [2.24, 2.45) is 0 Å². The molecule has 1 fully saturated rings. The molecule has 1 saturated heterocycles. The molecule has 9 heteroatoms. The topological polar surface area (TPSA) is 115 Å². The van der Waals surface area contributed by atoms with Crippen molar-refractivity contribution in [2.45, 2.75) is 45.1 Å². The van der Waals surface area contributed by atoms with E-state index in [4.69, 9.17) is 18.9 Å². The Balaban J connectivity index is 2.20. The van der Waals surface area contributed by atoms with Gasteiger partial charge in [-0.15, -0.1) is 0 Å². The Bertz CT molecular complexity index is 711. The molecule has 2 rings (SSSR count). The number of amides is 2. The number of aliphatic hydroxyl groups excluding tert-OH is 1. The Morgan fingerprint density at radius 3 is 2.39 bits per heavy atom. The third-order valence-electron chi connectivity index (χ3n) is 3.98. The molecule has 0 spiro atoms. The highest BCUT2D eigenvalue weighted by Crippen LogP contribution is 2.33. The van der Waals surface area contributed by atoms with E-state index >= 15 is 0 Å². The fourth-order valence-electron chi connectivity index (χ4n) is 2.47. The van der Waals surface area contributed by atoms with Gasteiger partial charge in [-0.05, 0) is 45.9 Å². The molecular formula is C19H28N2O7. The van der Waals surface area contributed by atoms with Crippen molar-refractivity contribution < 1.29 is 33.6 Å². The monoisotopic (exact) mass is 396 g/mol. The number of benzene rings is 1. The quantitative estimate of drug-likeness (QED) is 0.673. The number of hydrogen-bond acceptors (Lipinski definition) is 7. The van der Waals surface area contributed by atoms with Gasteiger partial charge in [0.05, 0.1) is 26.9 Å². The van der Waals surface area contributed by atoms with Gasteiger partial charge in [0.1, 0.15) is 16.9 Å². The summed E-state index contributed by atoms with van der Waals surface area (Å²) in [6.07, 6.45) is -1.46. The molecule has 1 heterocycles. The minimum absolute atomic E-state index is 0.420. The van der Waals surface area contributed by atoms with E-state index in [1.54, 1.807) is 39.0 Å². The Hall–Kier alpha value is -2.36. The molecule has 156 valence electrons. The van der Waals surface area contributed by atoms with Gasteiger partial charge in [0.15, 0.2) is 6.29 Å². The van der Waals surface area contributed by atoms with Crippen molar-refractivity contribution in [1.82, 2.24) is 5.32 Å². The lowest BCUT2D eigenvalue weighted by atomic mass is 10.0. The van der Waals surface area contributed by atoms with Gasteiger partial charge in [0, 0.05) is 11.3 Å². The Labute approximate surface area is 164 Å². The Morgan fingerprint density at radius 2 is 1.86 bits per heavy atom. The zero-order chi connectivity index (χ0) is 20.9. The second-order valence-electron chi connectivity index (χ2n) is 7.60. The van der Waals surface area contributed by atoms with Gasteiger partial charge in [-0.3, -0.25) is 4.79 Å². The summed E-state index contributed by atoms with van der Waals surface area (Å²) < 4.78 is 21.4. The second-order valence-corrected chi connectivity index (χ2v) is 7.60. The normalized spacial score (nSPS) is 16.9. The van der Waals surface area contributed by atoms with Crippen LogP contribution in [0.5, 0.6) is 5.75 Å². The fourth-order valence-corrected chi connectivity index (χ4v) is 2.47. The third kappa shape index (κ3) is 5.57. The molecule has 0 aliphatic carbocycles. The number of anilines is 1. The highest BCUT2D eigenvalue weighted by Gasteiger charge is 2.37. The number of rotatable bonds is 6. The maximum absolute atomic E-state index is 12.8. The first-order valence-corrected chi connectivity index (χ1v) is 8.92. The van der Waals surface area contributed by atoms with E-state index in [2.05, 4.69) is 10.6 Å². The predicted molar refractivity (Wildman–Crippen MR) is 101 cm³/mol. The summed E-state index contributed by atoms with van der Waals surface area (Å²) in [5.74, 6) is -0.0471. The molecule has 1 aromatic rings. The van der Waals surface area contributed by atoms with Crippen LogP contribution in [0.1, 0.15) is 39.5 Å². The van der Waals surface area contributed by atoms with Crippen molar-refractivity contribution >= 4 is 17.7 Å². The zero-order valence-electron chi connectivity index (χ0n) is 16.8. The van der Waals surface area contributed by atoms with Crippen LogP contribution in [-0.4, -0.2) is 55.2 Å². The molecule has 1 aliphatic heterocycles. The number of nitrogens with one attached hydrogen (secondary N) is 2. The van der Waals surface area contributed by atoms with Crippen molar-refractivity contribution in [2.75, 3.05) is 32.2 Å². The molecule has 28 heavy (non-hydrogen) atoms. The molecule has 0 saturated carbocycles. The van der Waals surface area contributed by atoms with Gasteiger partial charge in [0.2, 0.25) is 0 Å². The summed E-state index contributed by atoms with van der Waals surface area (Å²) in [5, 5.41) is 14.9. The first-order chi connectivity index (χ1) is 13.1. The molecule has 9 nitrogen and oxygen atoms in total. The van der Waals surface area contributed by atoms with Crippen molar-refractivity contribution in [3.05, 3.63) is 23.8 Å². The number of methoxy groups -OCH3 is 1. The maximum atomic E-state index is 12.8. The standard InChI is InChI=1S/C19H28N2O7/c1-18(2,3)28-17(24)21-19(4,11-22)16(23)20-14-7-6-12(25-5)10-13(14)15-26-8-9-27-15/h6-7,10,15,22H,8-9,11H2,1-5H3,(H,20,23)(H,21,24)/t19-/m0/s1. The highest BCUT2D eigenvalue weighted by atomic mass is 16.7. The number of alkyl carbamates (subject to hydrolysis) is 1. The highest BCUT2D eigenvalue weighted by molar-refractivity contribution is 6.00. The van der Waals surface area contributed by atoms with E-state index in [1.165, 1.54) is 14.0 Å². The maximum Gasteiger partial charge on any atom is 0.408 e. The first-order valence-electron chi connectivity index (χ1n) is 8.92. The molecule has 3 N–H and O–H groups in total. The average molecular weight is 396 g/mol. The van der Waals surface area contributed by atoms with Crippen LogP contribution in [0.15, 0.2) is 18.2 Å². The van der Waals surface area contributed by atoms with Crippen molar-refractivity contribution in [1.29, 1.82) is 0 Å². The number of ether oxygens (including phenoxy) is 4. The van der Waals surface area contributed by atoms with Gasteiger partial charge >= 0.3 is 6.09 Å². The van der Waals surface area contributed by atoms with Crippen LogP contribution in [0.3, 0.4) is 0 Å². The third-order valence-corrected chi connectivity index (χ3v) is 3.98. The molecule has 2 amide bonds. The molecule has 0 radical (unpaired) electrons. The van der Waals surface area contributed by atoms with Gasteiger partial charge in [-0.25, -0.2) is 4.79 Å². The minimum Gasteiger partial charge on any atom is -0.497 e. The molecule has 0 bridgehead atoms. The van der Waals surface area contributed by atoms with Gasteiger partial charge in [-0.1, -0.05) is 0 Å². The van der Waals surface area contributed by atoms with Crippen molar-refractivity contribution in [3.63, 3.8) is 0 Å². The largest absolute Gasteiger partial charge is 0.497 e. The zero-order valence-corrected chi connectivity index (χ0v) is 16.8. The fraction of sp³-hybridized carbons (Fsp3) is 0.579. The Morgan fingerprint density at radius 1 is 1.21 bits per heavy atom. The van der Waals surface area contributed by atoms with Crippen LogP contribution in [-0.2, 0) is 19.0 Å². The van der Waals surface area contributed by atoms with Crippen LogP contribution < -0.4 is 15.4 Å². The average Bonchev–Trinajstić information content (AvgIpc) is 3.14. The summed E-state index contributed by atoms with van der Waals surface area (Å²) in [6.45, 7) is 6.75. The lowest BCUT2D eigenvalue weighted by Crippen LogP contribution is -2.58. The summed E-state index contributed by atoms with van der Waals surface area (Å²) in [4.78, 5) is 24.9. The van der Waals surface area contributed by atoms with Gasteiger partial charge in [0.25, 0.3) is 5.91 Å². The molecule has 0 unspecified atom stereocenters. The van der Waals surface area contributed by atoms with E-state index in [1.807, 2.05) is 0 Å². The molecule has 1 aliphatic rings. The summed E-state index contributed by atoms with van der Waals surface area (Å²) in [7, 11) is 1.53. The van der Waals surface area contributed by atoms with Crippen LogP contribution in [0.25, 0.3) is 0 Å². The van der Waals surface area contributed by atoms with E-state index < -0.39 is 36.0 Å². The van der Waals surface area contributed by atoms with Gasteiger partial charge in [-0.2, -0.15) is 0 Å². The summed E-state index contributed by atoms with van der Waals surface area (Å²) >= 11 is 0. The van der Waals surface area contributed by atoms with Gasteiger partial charge < -0.3 is 34.7 Å².